The zero-order valence-corrected chi connectivity index (χ0v) is 9.91. The van der Waals surface area contributed by atoms with Crippen molar-refractivity contribution in [1.29, 1.82) is 0 Å². The summed E-state index contributed by atoms with van der Waals surface area (Å²) >= 11 is 0. The number of aromatic nitrogens is 1. The van der Waals surface area contributed by atoms with Crippen LogP contribution in [0, 0.1) is 0 Å². The summed E-state index contributed by atoms with van der Waals surface area (Å²) in [6.45, 7) is 0. The van der Waals surface area contributed by atoms with Crippen molar-refractivity contribution in [2.24, 2.45) is 11.5 Å². The van der Waals surface area contributed by atoms with Gasteiger partial charge in [-0.2, -0.15) is 0 Å². The van der Waals surface area contributed by atoms with E-state index in [1.165, 1.54) is 0 Å². The van der Waals surface area contributed by atoms with Gasteiger partial charge in [0.1, 0.15) is 0 Å². The maximum absolute atomic E-state index is 10.9. The molecule has 2 aromatic rings. The van der Waals surface area contributed by atoms with Gasteiger partial charge in [0.15, 0.2) is 0 Å². The van der Waals surface area contributed by atoms with Gasteiger partial charge in [-0.25, -0.2) is 0 Å². The average Bonchev–Trinajstić information content (AvgIpc) is 2.40. The van der Waals surface area contributed by atoms with E-state index in [0.717, 1.165) is 16.7 Å². The van der Waals surface area contributed by atoms with Gasteiger partial charge in [0.25, 0.3) is 0 Å². The molecule has 1 atom stereocenters. The van der Waals surface area contributed by atoms with Gasteiger partial charge in [-0.3, -0.25) is 9.78 Å². The summed E-state index contributed by atoms with van der Waals surface area (Å²) < 4.78 is 0. The summed E-state index contributed by atoms with van der Waals surface area (Å²) in [5, 5.41) is 0. The third kappa shape index (κ3) is 2.93. The molecule has 4 N–H and O–H groups in total. The number of rotatable bonds is 4. The predicted octanol–water partition coefficient (Wildman–Crippen LogP) is 1.10. The number of nitrogens with two attached hydrogens (primary N) is 2. The number of primary amides is 1. The predicted molar refractivity (Wildman–Crippen MR) is 70.5 cm³/mol. The molecule has 4 heteroatoms. The molecule has 92 valence electrons. The van der Waals surface area contributed by atoms with Crippen LogP contribution in [0.2, 0.25) is 0 Å². The Morgan fingerprint density at radius 2 is 1.61 bits per heavy atom. The number of carbonyl (C=O) groups is 1. The highest BCUT2D eigenvalue weighted by Gasteiger charge is 2.09. The average molecular weight is 241 g/mol. The van der Waals surface area contributed by atoms with E-state index in [1.54, 1.807) is 12.4 Å². The second-order valence-corrected chi connectivity index (χ2v) is 4.15. The van der Waals surface area contributed by atoms with Crippen molar-refractivity contribution < 1.29 is 4.79 Å². The van der Waals surface area contributed by atoms with Crippen molar-refractivity contribution in [1.82, 2.24) is 4.98 Å². The first-order valence-electron chi connectivity index (χ1n) is 5.71. The molecule has 0 fully saturated rings. The minimum Gasteiger partial charge on any atom is -0.368 e. The van der Waals surface area contributed by atoms with Crippen molar-refractivity contribution >= 4 is 5.91 Å². The summed E-state index contributed by atoms with van der Waals surface area (Å²) in [6, 6.07) is 11.2. The Labute approximate surface area is 106 Å². The first-order valence-corrected chi connectivity index (χ1v) is 5.71. The first-order chi connectivity index (χ1) is 8.66. The molecule has 4 nitrogen and oxygen atoms in total. The van der Waals surface area contributed by atoms with Gasteiger partial charge in [-0.15, -0.1) is 0 Å². The molecule has 0 radical (unpaired) electrons. The number of hydrogen-bond acceptors (Lipinski definition) is 3. The van der Waals surface area contributed by atoms with Crippen LogP contribution in [-0.2, 0) is 11.2 Å². The van der Waals surface area contributed by atoms with E-state index >= 15 is 0 Å². The summed E-state index contributed by atoms with van der Waals surface area (Å²) in [5.41, 5.74) is 14.0. The van der Waals surface area contributed by atoms with Crippen molar-refractivity contribution in [3.05, 3.63) is 54.4 Å². The van der Waals surface area contributed by atoms with Gasteiger partial charge in [-0.05, 0) is 35.2 Å². The number of amides is 1. The second-order valence-electron chi connectivity index (χ2n) is 4.15. The molecule has 1 heterocycles. The van der Waals surface area contributed by atoms with Crippen LogP contribution in [-0.4, -0.2) is 16.9 Å². The number of carbonyl (C=O) groups excluding carboxylic acids is 1. The third-order valence-electron chi connectivity index (χ3n) is 2.79. The van der Waals surface area contributed by atoms with Crippen LogP contribution in [0.1, 0.15) is 5.56 Å². The molecule has 0 unspecified atom stereocenters. The maximum Gasteiger partial charge on any atom is 0.234 e. The van der Waals surface area contributed by atoms with E-state index in [0.29, 0.717) is 6.42 Å². The Morgan fingerprint density at radius 3 is 2.17 bits per heavy atom. The van der Waals surface area contributed by atoms with Crippen LogP contribution >= 0.6 is 0 Å². The first kappa shape index (κ1) is 12.3. The minimum atomic E-state index is -0.628. The number of hydrogen-bond donors (Lipinski definition) is 2. The normalized spacial score (nSPS) is 12.1. The summed E-state index contributed by atoms with van der Waals surface area (Å²) in [4.78, 5) is 14.9. The fourth-order valence-corrected chi connectivity index (χ4v) is 1.73. The van der Waals surface area contributed by atoms with E-state index in [-0.39, 0.29) is 0 Å². The van der Waals surface area contributed by atoms with Gasteiger partial charge in [0, 0.05) is 12.4 Å². The van der Waals surface area contributed by atoms with E-state index in [1.807, 2.05) is 36.4 Å². The second kappa shape index (κ2) is 5.42. The fraction of sp³-hybridized carbons (Fsp3) is 0.143. The maximum atomic E-state index is 10.9. The highest BCUT2D eigenvalue weighted by molar-refractivity contribution is 5.79. The topological polar surface area (TPSA) is 82.0 Å². The molecule has 18 heavy (non-hydrogen) atoms. The molecule has 0 saturated heterocycles. The Kier molecular flexibility index (Phi) is 3.69. The molecular weight excluding hydrogens is 226 g/mol. The van der Waals surface area contributed by atoms with Crippen LogP contribution in [0.25, 0.3) is 11.1 Å². The highest BCUT2D eigenvalue weighted by Crippen LogP contribution is 2.18. The molecule has 1 aromatic carbocycles. The Hall–Kier alpha value is -2.20. The van der Waals surface area contributed by atoms with Crippen molar-refractivity contribution in [3.63, 3.8) is 0 Å². The largest absolute Gasteiger partial charge is 0.368 e. The van der Waals surface area contributed by atoms with Crippen molar-refractivity contribution in [2.45, 2.75) is 12.5 Å². The van der Waals surface area contributed by atoms with Gasteiger partial charge in [-0.1, -0.05) is 24.3 Å². The fourth-order valence-electron chi connectivity index (χ4n) is 1.73. The van der Waals surface area contributed by atoms with E-state index in [2.05, 4.69) is 4.98 Å². The van der Waals surface area contributed by atoms with Gasteiger partial charge in [0.05, 0.1) is 6.04 Å². The van der Waals surface area contributed by atoms with E-state index in [9.17, 15) is 4.79 Å². The lowest BCUT2D eigenvalue weighted by Crippen LogP contribution is -2.38. The number of nitrogens with zero attached hydrogens (tertiary/aromatic N) is 1. The SMILES string of the molecule is NC(=O)[C@H](N)Cc1ccc(-c2ccncc2)cc1. The number of pyridine rings is 1. The van der Waals surface area contributed by atoms with E-state index in [4.69, 9.17) is 11.5 Å². The third-order valence-corrected chi connectivity index (χ3v) is 2.79. The zero-order chi connectivity index (χ0) is 13.0. The lowest BCUT2D eigenvalue weighted by Gasteiger charge is -2.08. The zero-order valence-electron chi connectivity index (χ0n) is 9.91. The molecule has 1 aromatic heterocycles. The van der Waals surface area contributed by atoms with Gasteiger partial charge < -0.3 is 11.5 Å². The van der Waals surface area contributed by atoms with Crippen LogP contribution in [0.5, 0.6) is 0 Å². The monoisotopic (exact) mass is 241 g/mol. The van der Waals surface area contributed by atoms with Crippen LogP contribution in [0.3, 0.4) is 0 Å². The van der Waals surface area contributed by atoms with Crippen LogP contribution < -0.4 is 11.5 Å². The van der Waals surface area contributed by atoms with Crippen molar-refractivity contribution in [3.8, 4) is 11.1 Å². The Bertz CT molecular complexity index is 522. The molecule has 0 bridgehead atoms. The molecule has 0 aliphatic carbocycles. The molecule has 0 saturated carbocycles. The molecular formula is C14H15N3O. The minimum absolute atomic E-state index is 0.464. The van der Waals surface area contributed by atoms with Gasteiger partial charge in [0.2, 0.25) is 5.91 Å². The standard InChI is InChI=1S/C14H15N3O/c15-13(14(16)18)9-10-1-3-11(4-2-10)12-5-7-17-8-6-12/h1-8,13H,9,15H2,(H2,16,18)/t13-/m1/s1. The Morgan fingerprint density at radius 1 is 1.06 bits per heavy atom. The van der Waals surface area contributed by atoms with Gasteiger partial charge >= 0.3 is 0 Å². The smallest absolute Gasteiger partial charge is 0.234 e. The number of benzene rings is 1. The Balaban J connectivity index is 2.13. The quantitative estimate of drug-likeness (QED) is 0.841. The van der Waals surface area contributed by atoms with Crippen LogP contribution in [0.4, 0.5) is 0 Å². The van der Waals surface area contributed by atoms with E-state index < -0.39 is 11.9 Å². The van der Waals surface area contributed by atoms with Crippen LogP contribution in [0.15, 0.2) is 48.8 Å². The lowest BCUT2D eigenvalue weighted by molar-refractivity contribution is -0.119. The highest BCUT2D eigenvalue weighted by atomic mass is 16.1. The summed E-state index contributed by atoms with van der Waals surface area (Å²) in [5.74, 6) is -0.479. The molecule has 2 rings (SSSR count). The summed E-state index contributed by atoms with van der Waals surface area (Å²) in [6.07, 6.45) is 3.98. The van der Waals surface area contributed by atoms with Crippen molar-refractivity contribution in [2.75, 3.05) is 0 Å². The lowest BCUT2D eigenvalue weighted by atomic mass is 10.0. The summed E-state index contributed by atoms with van der Waals surface area (Å²) in [7, 11) is 0. The molecule has 1 amide bonds. The molecule has 0 spiro atoms. The molecule has 0 aliphatic rings. The molecule has 0 aliphatic heterocycles.